The highest BCUT2D eigenvalue weighted by Crippen LogP contribution is 2.28. The molecule has 23 heavy (non-hydrogen) atoms. The lowest BCUT2D eigenvalue weighted by Gasteiger charge is -2.10. The van der Waals surface area contributed by atoms with Crippen LogP contribution in [0.2, 0.25) is 0 Å². The molecule has 0 amide bonds. The molecule has 0 aliphatic heterocycles. The van der Waals surface area contributed by atoms with Crippen molar-refractivity contribution in [2.24, 2.45) is 0 Å². The average molecular weight is 314 g/mol. The van der Waals surface area contributed by atoms with Crippen LogP contribution >= 0.6 is 0 Å². The second-order valence-corrected chi connectivity index (χ2v) is 5.00. The van der Waals surface area contributed by atoms with Crippen molar-refractivity contribution >= 4 is 22.7 Å². The van der Waals surface area contributed by atoms with E-state index in [2.05, 4.69) is 6.58 Å². The Kier molecular flexibility index (Phi) is 5.36. The summed E-state index contributed by atoms with van der Waals surface area (Å²) >= 11 is 0. The molecule has 0 aliphatic rings. The van der Waals surface area contributed by atoms with Gasteiger partial charge in [0.1, 0.15) is 24.7 Å². The van der Waals surface area contributed by atoms with Gasteiger partial charge in [-0.25, -0.2) is 4.79 Å². The van der Waals surface area contributed by atoms with Gasteiger partial charge in [0.2, 0.25) is 0 Å². The molecule has 0 bridgehead atoms. The van der Waals surface area contributed by atoms with Crippen LogP contribution in [-0.2, 0) is 14.3 Å². The number of fused-ring (bicyclic) bond motifs is 1. The van der Waals surface area contributed by atoms with Gasteiger partial charge in [0, 0.05) is 17.9 Å². The summed E-state index contributed by atoms with van der Waals surface area (Å²) in [5.74, 6) is 0.356. The molecule has 0 heterocycles. The van der Waals surface area contributed by atoms with Crippen molar-refractivity contribution in [1.29, 1.82) is 0 Å². The maximum atomic E-state index is 11.3. The summed E-state index contributed by atoms with van der Waals surface area (Å²) in [6, 6.07) is 10.9. The number of rotatable bonds is 6. The number of benzene rings is 2. The molecule has 0 saturated heterocycles. The van der Waals surface area contributed by atoms with Crippen LogP contribution in [-0.4, -0.2) is 25.2 Å². The predicted molar refractivity (Wildman–Crippen MR) is 86.5 cm³/mol. The zero-order chi connectivity index (χ0) is 16.8. The first kappa shape index (κ1) is 16.5. The number of hydrogen-bond acceptors (Lipinski definition) is 5. The Hall–Kier alpha value is -2.82. The Morgan fingerprint density at radius 3 is 2.57 bits per heavy atom. The number of hydrogen-bond donors (Lipinski definition) is 0. The third kappa shape index (κ3) is 4.57. The van der Waals surface area contributed by atoms with E-state index in [0.29, 0.717) is 17.1 Å². The summed E-state index contributed by atoms with van der Waals surface area (Å²) in [5, 5.41) is 1.77. The first-order valence-electron chi connectivity index (χ1n) is 7.14. The number of carbonyl (C=O) groups is 2. The first-order chi connectivity index (χ1) is 11.0. The zero-order valence-corrected chi connectivity index (χ0v) is 13.1. The van der Waals surface area contributed by atoms with Gasteiger partial charge in [-0.15, -0.1) is 0 Å². The molecule has 5 nitrogen and oxygen atoms in total. The fourth-order valence-corrected chi connectivity index (χ4v) is 2.00. The third-order valence-corrected chi connectivity index (χ3v) is 3.00. The van der Waals surface area contributed by atoms with Gasteiger partial charge in [0.25, 0.3) is 0 Å². The van der Waals surface area contributed by atoms with Crippen LogP contribution in [0.4, 0.5) is 0 Å². The van der Waals surface area contributed by atoms with E-state index in [1.54, 1.807) is 19.1 Å². The number of esters is 2. The van der Waals surface area contributed by atoms with Crippen molar-refractivity contribution in [2.45, 2.75) is 13.8 Å². The topological polar surface area (TPSA) is 61.8 Å². The van der Waals surface area contributed by atoms with Gasteiger partial charge in [-0.3, -0.25) is 4.79 Å². The van der Waals surface area contributed by atoms with Crippen molar-refractivity contribution < 1.29 is 23.8 Å². The molecule has 0 radical (unpaired) electrons. The second-order valence-electron chi connectivity index (χ2n) is 5.00. The molecule has 2 aromatic rings. The highest BCUT2D eigenvalue weighted by molar-refractivity contribution is 5.90. The molecular weight excluding hydrogens is 296 g/mol. The fraction of sp³-hybridized carbons (Fsp3) is 0.222. The molecule has 0 aromatic heterocycles. The van der Waals surface area contributed by atoms with Gasteiger partial charge >= 0.3 is 11.9 Å². The van der Waals surface area contributed by atoms with E-state index >= 15 is 0 Å². The Bertz CT molecular complexity index is 748. The molecule has 5 heteroatoms. The lowest BCUT2D eigenvalue weighted by molar-refractivity contribution is -0.139. The minimum Gasteiger partial charge on any atom is -0.489 e. The highest BCUT2D eigenvalue weighted by Gasteiger charge is 2.06. The summed E-state index contributed by atoms with van der Waals surface area (Å²) < 4.78 is 15.7. The lowest BCUT2D eigenvalue weighted by atomic mass is 10.1. The van der Waals surface area contributed by atoms with Crippen molar-refractivity contribution in [3.8, 4) is 11.5 Å². The van der Waals surface area contributed by atoms with E-state index in [9.17, 15) is 9.59 Å². The van der Waals surface area contributed by atoms with Gasteiger partial charge in [0.15, 0.2) is 0 Å². The van der Waals surface area contributed by atoms with Gasteiger partial charge in [-0.2, -0.15) is 0 Å². The molecule has 0 unspecified atom stereocenters. The van der Waals surface area contributed by atoms with Crippen LogP contribution in [0.15, 0.2) is 48.6 Å². The molecule has 0 spiro atoms. The zero-order valence-electron chi connectivity index (χ0n) is 13.1. The monoisotopic (exact) mass is 314 g/mol. The lowest BCUT2D eigenvalue weighted by Crippen LogP contribution is -2.12. The van der Waals surface area contributed by atoms with Crippen molar-refractivity contribution in [1.82, 2.24) is 0 Å². The van der Waals surface area contributed by atoms with Crippen LogP contribution in [0.3, 0.4) is 0 Å². The second kappa shape index (κ2) is 7.45. The molecule has 0 aliphatic carbocycles. The molecule has 120 valence electrons. The van der Waals surface area contributed by atoms with Crippen molar-refractivity contribution in [2.75, 3.05) is 13.2 Å². The Balaban J connectivity index is 2.05. The minimum absolute atomic E-state index is 0.146. The van der Waals surface area contributed by atoms with Crippen LogP contribution in [0, 0.1) is 0 Å². The summed E-state index contributed by atoms with van der Waals surface area (Å²) in [5.41, 5.74) is 0.355. The van der Waals surface area contributed by atoms with E-state index < -0.39 is 5.97 Å². The van der Waals surface area contributed by atoms with Gasteiger partial charge in [0.05, 0.1) is 0 Å². The first-order valence-corrected chi connectivity index (χ1v) is 7.14. The molecule has 0 fully saturated rings. The molecule has 0 N–H and O–H groups in total. The van der Waals surface area contributed by atoms with E-state index in [0.717, 1.165) is 10.8 Å². The van der Waals surface area contributed by atoms with Crippen LogP contribution in [0.5, 0.6) is 11.5 Å². The third-order valence-electron chi connectivity index (χ3n) is 3.00. The molecule has 0 atom stereocenters. The van der Waals surface area contributed by atoms with Crippen molar-refractivity contribution in [3.05, 3.63) is 48.6 Å². The van der Waals surface area contributed by atoms with Gasteiger partial charge in [-0.1, -0.05) is 18.7 Å². The molecule has 2 rings (SSSR count). The maximum absolute atomic E-state index is 11.3. The standard InChI is InChI=1S/C18H18O5/c1-12(2)18(20)22-10-9-21-17-6-4-5-14-11-15(23-13(3)19)7-8-16(14)17/h4-8,11H,1,9-10H2,2-3H3. The fourth-order valence-electron chi connectivity index (χ4n) is 2.00. The largest absolute Gasteiger partial charge is 0.489 e. The Morgan fingerprint density at radius 2 is 1.87 bits per heavy atom. The maximum Gasteiger partial charge on any atom is 0.333 e. The number of ether oxygens (including phenoxy) is 3. The Morgan fingerprint density at radius 1 is 1.09 bits per heavy atom. The van der Waals surface area contributed by atoms with E-state index in [1.807, 2.05) is 24.3 Å². The number of carbonyl (C=O) groups excluding carboxylic acids is 2. The van der Waals surface area contributed by atoms with E-state index in [1.165, 1.54) is 6.92 Å². The highest BCUT2D eigenvalue weighted by atomic mass is 16.6. The van der Waals surface area contributed by atoms with Gasteiger partial charge in [-0.05, 0) is 36.6 Å². The smallest absolute Gasteiger partial charge is 0.333 e. The summed E-state index contributed by atoms with van der Waals surface area (Å²) in [7, 11) is 0. The van der Waals surface area contributed by atoms with Crippen molar-refractivity contribution in [3.63, 3.8) is 0 Å². The van der Waals surface area contributed by atoms with E-state index in [-0.39, 0.29) is 19.2 Å². The van der Waals surface area contributed by atoms with Crippen LogP contribution in [0.1, 0.15) is 13.8 Å². The SMILES string of the molecule is C=C(C)C(=O)OCCOc1cccc2cc(OC(C)=O)ccc12. The predicted octanol–water partition coefficient (Wildman–Crippen LogP) is 3.26. The average Bonchev–Trinajstić information content (AvgIpc) is 2.50. The molecule has 0 saturated carbocycles. The summed E-state index contributed by atoms with van der Waals surface area (Å²) in [6.07, 6.45) is 0. The summed E-state index contributed by atoms with van der Waals surface area (Å²) in [4.78, 5) is 22.3. The summed E-state index contributed by atoms with van der Waals surface area (Å²) in [6.45, 7) is 6.85. The van der Waals surface area contributed by atoms with E-state index in [4.69, 9.17) is 14.2 Å². The molecule has 2 aromatic carbocycles. The van der Waals surface area contributed by atoms with Crippen LogP contribution < -0.4 is 9.47 Å². The van der Waals surface area contributed by atoms with Crippen LogP contribution in [0.25, 0.3) is 10.8 Å². The quantitative estimate of drug-likeness (QED) is 0.354. The molecular formula is C18H18O5. The Labute approximate surface area is 134 Å². The normalized spacial score (nSPS) is 10.2. The minimum atomic E-state index is -0.433. The van der Waals surface area contributed by atoms with Gasteiger partial charge < -0.3 is 14.2 Å².